The van der Waals surface area contributed by atoms with E-state index in [4.69, 9.17) is 12.2 Å². The van der Waals surface area contributed by atoms with Crippen molar-refractivity contribution < 1.29 is 13.2 Å². The van der Waals surface area contributed by atoms with Gasteiger partial charge in [-0.1, -0.05) is 58.1 Å². The van der Waals surface area contributed by atoms with Crippen molar-refractivity contribution in [3.05, 3.63) is 39.2 Å². The predicted molar refractivity (Wildman–Crippen MR) is 96.2 cm³/mol. The van der Waals surface area contributed by atoms with Crippen molar-refractivity contribution >= 4 is 66.1 Å². The molecule has 0 saturated carbocycles. The molecule has 4 nitrogen and oxygen atoms in total. The highest BCUT2D eigenvalue weighted by molar-refractivity contribution is 9.10. The Bertz CT molecular complexity index is 788. The van der Waals surface area contributed by atoms with E-state index in [-0.39, 0.29) is 23.5 Å². The Balaban J connectivity index is 1.88. The number of benzene rings is 1. The molecule has 2 aliphatic heterocycles. The number of carbonyl (C=O) groups excluding carboxylic acids is 1. The van der Waals surface area contributed by atoms with Gasteiger partial charge in [0.25, 0.3) is 5.91 Å². The van der Waals surface area contributed by atoms with E-state index >= 15 is 0 Å². The average Bonchev–Trinajstić information content (AvgIpc) is 2.92. The summed E-state index contributed by atoms with van der Waals surface area (Å²) in [6.07, 6.45) is 2.24. The van der Waals surface area contributed by atoms with Gasteiger partial charge in [0.15, 0.2) is 9.84 Å². The van der Waals surface area contributed by atoms with Crippen LogP contribution in [-0.4, -0.2) is 41.1 Å². The summed E-state index contributed by atoms with van der Waals surface area (Å²) in [6.45, 7) is 0. The van der Waals surface area contributed by atoms with Crippen LogP contribution < -0.4 is 0 Å². The third-order valence-corrected chi connectivity index (χ3v) is 7.39. The standard InChI is InChI=1S/C14H12BrNO3S3/c15-11-4-2-1-3-9(11)7-12-13(17)16(14(20)21-12)10-5-6-22(18,19)8-10/h1-4,7,10H,5-6,8H2/b12-7+/t10-/m1/s1. The molecule has 2 aliphatic rings. The molecular weight excluding hydrogens is 406 g/mol. The number of rotatable bonds is 2. The van der Waals surface area contributed by atoms with Gasteiger partial charge in [0.1, 0.15) is 4.32 Å². The first-order valence-electron chi connectivity index (χ1n) is 6.59. The van der Waals surface area contributed by atoms with E-state index in [9.17, 15) is 13.2 Å². The molecule has 0 N–H and O–H groups in total. The zero-order chi connectivity index (χ0) is 15.9. The molecule has 1 amide bonds. The number of carbonyl (C=O) groups is 1. The lowest BCUT2D eigenvalue weighted by Gasteiger charge is -2.20. The summed E-state index contributed by atoms with van der Waals surface area (Å²) < 4.78 is 24.6. The number of hydrogen-bond acceptors (Lipinski definition) is 5. The summed E-state index contributed by atoms with van der Waals surface area (Å²) >= 11 is 9.95. The zero-order valence-electron chi connectivity index (χ0n) is 11.4. The normalized spacial score (nSPS) is 26.1. The van der Waals surface area contributed by atoms with E-state index in [1.54, 1.807) is 6.08 Å². The summed E-state index contributed by atoms with van der Waals surface area (Å²) in [7, 11) is -3.05. The topological polar surface area (TPSA) is 54.5 Å². The lowest BCUT2D eigenvalue weighted by Crippen LogP contribution is -2.39. The van der Waals surface area contributed by atoms with Gasteiger partial charge in [0.2, 0.25) is 0 Å². The minimum Gasteiger partial charge on any atom is -0.289 e. The molecule has 2 heterocycles. The minimum absolute atomic E-state index is 0.00174. The lowest BCUT2D eigenvalue weighted by molar-refractivity contribution is -0.123. The zero-order valence-corrected chi connectivity index (χ0v) is 15.4. The van der Waals surface area contributed by atoms with E-state index in [1.807, 2.05) is 24.3 Å². The Morgan fingerprint density at radius 3 is 2.73 bits per heavy atom. The van der Waals surface area contributed by atoms with Crippen LogP contribution in [0.3, 0.4) is 0 Å². The second-order valence-corrected chi connectivity index (χ2v) is 9.89. The van der Waals surface area contributed by atoms with Gasteiger partial charge in [-0.15, -0.1) is 0 Å². The molecule has 0 unspecified atom stereocenters. The van der Waals surface area contributed by atoms with Gasteiger partial charge < -0.3 is 0 Å². The van der Waals surface area contributed by atoms with Crippen molar-refractivity contribution in [3.8, 4) is 0 Å². The summed E-state index contributed by atoms with van der Waals surface area (Å²) in [6, 6.07) is 7.26. The molecule has 0 radical (unpaired) electrons. The SMILES string of the molecule is O=C1/C(=C\c2ccccc2Br)SC(=S)N1[C@@H]1CCS(=O)(=O)C1. The number of amides is 1. The summed E-state index contributed by atoms with van der Waals surface area (Å²) in [5.74, 6) is -0.0763. The molecule has 0 bridgehead atoms. The molecule has 0 spiro atoms. The van der Waals surface area contributed by atoms with Crippen LogP contribution in [0.2, 0.25) is 0 Å². The van der Waals surface area contributed by atoms with Crippen molar-refractivity contribution in [2.75, 3.05) is 11.5 Å². The van der Waals surface area contributed by atoms with Crippen LogP contribution in [0.25, 0.3) is 6.08 Å². The molecule has 3 rings (SSSR count). The van der Waals surface area contributed by atoms with Crippen LogP contribution in [0.5, 0.6) is 0 Å². The van der Waals surface area contributed by atoms with Gasteiger partial charge in [-0.2, -0.15) is 0 Å². The first kappa shape index (κ1) is 16.2. The molecule has 116 valence electrons. The molecule has 0 aromatic heterocycles. The first-order chi connectivity index (χ1) is 10.4. The van der Waals surface area contributed by atoms with E-state index in [0.29, 0.717) is 15.6 Å². The predicted octanol–water partition coefficient (Wildman–Crippen LogP) is 2.84. The number of thioether (sulfide) groups is 1. The summed E-state index contributed by atoms with van der Waals surface area (Å²) in [5, 5.41) is 0. The molecule has 1 aromatic carbocycles. The smallest absolute Gasteiger partial charge is 0.266 e. The monoisotopic (exact) mass is 417 g/mol. The van der Waals surface area contributed by atoms with Gasteiger partial charge >= 0.3 is 0 Å². The van der Waals surface area contributed by atoms with Crippen molar-refractivity contribution in [2.24, 2.45) is 0 Å². The number of hydrogen-bond donors (Lipinski definition) is 0. The van der Waals surface area contributed by atoms with Gasteiger partial charge in [0.05, 0.1) is 22.5 Å². The van der Waals surface area contributed by atoms with E-state index in [1.165, 1.54) is 16.7 Å². The Morgan fingerprint density at radius 1 is 1.36 bits per heavy atom. The third kappa shape index (κ3) is 3.15. The maximum atomic E-state index is 12.6. The van der Waals surface area contributed by atoms with Crippen molar-refractivity contribution in [2.45, 2.75) is 12.5 Å². The van der Waals surface area contributed by atoms with Crippen molar-refractivity contribution in [1.82, 2.24) is 4.90 Å². The molecule has 22 heavy (non-hydrogen) atoms. The fourth-order valence-corrected chi connectivity index (χ4v) is 6.00. The summed E-state index contributed by atoms with van der Waals surface area (Å²) in [5.41, 5.74) is 0.891. The highest BCUT2D eigenvalue weighted by Gasteiger charge is 2.42. The first-order valence-corrected chi connectivity index (χ1v) is 10.4. The second-order valence-electron chi connectivity index (χ2n) is 5.13. The largest absolute Gasteiger partial charge is 0.289 e. The van der Waals surface area contributed by atoms with Crippen molar-refractivity contribution in [3.63, 3.8) is 0 Å². The quantitative estimate of drug-likeness (QED) is 0.546. The van der Waals surface area contributed by atoms with Crippen LogP contribution in [-0.2, 0) is 14.6 Å². The fourth-order valence-electron chi connectivity index (χ4n) is 2.51. The van der Waals surface area contributed by atoms with Crippen LogP contribution in [0.15, 0.2) is 33.6 Å². The molecule has 1 aromatic rings. The maximum absolute atomic E-state index is 12.6. The number of nitrogens with zero attached hydrogens (tertiary/aromatic N) is 1. The molecule has 2 fully saturated rings. The number of halogens is 1. The molecule has 2 saturated heterocycles. The number of sulfone groups is 1. The Morgan fingerprint density at radius 2 is 2.09 bits per heavy atom. The fraction of sp³-hybridized carbons (Fsp3) is 0.286. The van der Waals surface area contributed by atoms with Crippen LogP contribution in [0, 0.1) is 0 Å². The van der Waals surface area contributed by atoms with Crippen LogP contribution in [0.4, 0.5) is 0 Å². The average molecular weight is 418 g/mol. The van der Waals surface area contributed by atoms with Gasteiger partial charge in [0, 0.05) is 4.47 Å². The minimum atomic E-state index is -3.05. The Kier molecular flexibility index (Phi) is 4.46. The van der Waals surface area contributed by atoms with Gasteiger partial charge in [-0.05, 0) is 24.1 Å². The Hall–Kier alpha value is -0.700. The molecule has 0 aliphatic carbocycles. The van der Waals surface area contributed by atoms with Crippen LogP contribution >= 0.6 is 39.9 Å². The van der Waals surface area contributed by atoms with Gasteiger partial charge in [-0.3, -0.25) is 9.69 Å². The maximum Gasteiger partial charge on any atom is 0.266 e. The second kappa shape index (κ2) is 6.07. The third-order valence-electron chi connectivity index (χ3n) is 3.59. The van der Waals surface area contributed by atoms with E-state index < -0.39 is 9.84 Å². The summed E-state index contributed by atoms with van der Waals surface area (Å²) in [4.78, 5) is 14.6. The van der Waals surface area contributed by atoms with Gasteiger partial charge in [-0.25, -0.2) is 8.42 Å². The van der Waals surface area contributed by atoms with Crippen molar-refractivity contribution in [1.29, 1.82) is 0 Å². The highest BCUT2D eigenvalue weighted by Crippen LogP contribution is 2.36. The van der Waals surface area contributed by atoms with E-state index in [2.05, 4.69) is 15.9 Å². The molecule has 1 atom stereocenters. The highest BCUT2D eigenvalue weighted by atomic mass is 79.9. The molecular formula is C14H12BrNO3S3. The Labute approximate surface area is 147 Å². The van der Waals surface area contributed by atoms with E-state index in [0.717, 1.165) is 10.0 Å². The van der Waals surface area contributed by atoms with Crippen LogP contribution in [0.1, 0.15) is 12.0 Å². The lowest BCUT2D eigenvalue weighted by atomic mass is 10.2. The molecule has 8 heteroatoms. The number of thiocarbonyl (C=S) groups is 1.